The summed E-state index contributed by atoms with van der Waals surface area (Å²) in [4.78, 5) is 52.0. The maximum Gasteiger partial charge on any atom is 0.262 e. The molecule has 3 amide bonds. The number of benzene rings is 3. The van der Waals surface area contributed by atoms with E-state index < -0.39 is 5.91 Å². The maximum atomic E-state index is 13.6. The molecule has 3 aromatic carbocycles. The van der Waals surface area contributed by atoms with Crippen molar-refractivity contribution < 1.29 is 19.1 Å². The van der Waals surface area contributed by atoms with Crippen LogP contribution in [0, 0.1) is 13.8 Å². The quantitative estimate of drug-likeness (QED) is 0.128. The van der Waals surface area contributed by atoms with Gasteiger partial charge in [-0.05, 0) is 94.4 Å². The molecule has 0 aliphatic rings. The van der Waals surface area contributed by atoms with Gasteiger partial charge in [0.15, 0.2) is 0 Å². The molecule has 0 bridgehead atoms. The molecule has 4 aromatic rings. The van der Waals surface area contributed by atoms with E-state index in [4.69, 9.17) is 16.3 Å². The Balaban J connectivity index is 1.59. The van der Waals surface area contributed by atoms with E-state index in [0.29, 0.717) is 29.0 Å². The largest absolute Gasteiger partial charge is 0.436 e. The minimum absolute atomic E-state index is 0.0484. The lowest BCUT2D eigenvalue weighted by Gasteiger charge is -2.23. The fourth-order valence-corrected chi connectivity index (χ4v) is 5.22. The van der Waals surface area contributed by atoms with Gasteiger partial charge in [0.05, 0.1) is 5.02 Å². The van der Waals surface area contributed by atoms with Crippen molar-refractivity contribution in [3.63, 3.8) is 0 Å². The summed E-state index contributed by atoms with van der Waals surface area (Å²) in [6.45, 7) is 15.0. The Labute approximate surface area is 293 Å². The molecule has 0 aliphatic carbocycles. The van der Waals surface area contributed by atoms with Gasteiger partial charge >= 0.3 is 0 Å². The van der Waals surface area contributed by atoms with Crippen molar-refractivity contribution in [2.24, 2.45) is 0 Å². The number of amides is 3. The zero-order chi connectivity index (χ0) is 35.7. The molecule has 0 fully saturated rings. The zero-order valence-corrected chi connectivity index (χ0v) is 29.8. The molecule has 0 atom stereocenters. The van der Waals surface area contributed by atoms with Gasteiger partial charge in [-0.2, -0.15) is 4.98 Å². The zero-order valence-electron chi connectivity index (χ0n) is 29.1. The summed E-state index contributed by atoms with van der Waals surface area (Å²) in [5, 5.41) is 9.06. The molecule has 49 heavy (non-hydrogen) atoms. The van der Waals surface area contributed by atoms with Crippen LogP contribution < -0.4 is 20.7 Å². The van der Waals surface area contributed by atoms with Crippen LogP contribution in [0.5, 0.6) is 11.6 Å². The average molecular weight is 686 g/mol. The fourth-order valence-electron chi connectivity index (χ4n) is 5.01. The van der Waals surface area contributed by atoms with Crippen molar-refractivity contribution in [2.75, 3.05) is 43.9 Å². The van der Waals surface area contributed by atoms with Crippen LogP contribution in [0.4, 0.5) is 17.3 Å². The van der Waals surface area contributed by atoms with E-state index in [9.17, 15) is 14.4 Å². The Morgan fingerprint density at radius 3 is 2.16 bits per heavy atom. The fraction of sp³-hybridized carbons (Fsp3) is 0.324. The van der Waals surface area contributed by atoms with Crippen LogP contribution in [-0.2, 0) is 0 Å². The Bertz CT molecular complexity index is 1770. The van der Waals surface area contributed by atoms with Crippen LogP contribution in [0.3, 0.4) is 0 Å². The molecule has 4 rings (SSSR count). The van der Waals surface area contributed by atoms with Crippen LogP contribution in [0.1, 0.15) is 69.9 Å². The first-order chi connectivity index (χ1) is 23.4. The number of para-hydroxylation sites is 1. The third-order valence-corrected chi connectivity index (χ3v) is 8.21. The Kier molecular flexibility index (Phi) is 12.7. The molecule has 0 saturated carbocycles. The number of carbonyl (C=O) groups excluding carboxylic acids is 3. The Hall–Kier alpha value is -5.00. The smallest absolute Gasteiger partial charge is 0.262 e. The van der Waals surface area contributed by atoms with Crippen LogP contribution in [-0.4, -0.2) is 76.8 Å². The van der Waals surface area contributed by atoms with E-state index in [1.807, 2.05) is 45.9 Å². The van der Waals surface area contributed by atoms with Crippen molar-refractivity contribution in [2.45, 2.75) is 47.6 Å². The second kappa shape index (κ2) is 16.9. The van der Waals surface area contributed by atoms with Crippen LogP contribution >= 0.6 is 11.6 Å². The van der Waals surface area contributed by atoms with E-state index in [2.05, 4.69) is 44.7 Å². The average Bonchev–Trinajstić information content (AvgIpc) is 3.07. The number of hydrogen-bond donors (Lipinski definition) is 3. The lowest BCUT2D eigenvalue weighted by molar-refractivity contribution is 0.0779. The molecule has 0 aliphatic heterocycles. The number of anilines is 3. The molecule has 11 nitrogen and oxygen atoms in total. The summed E-state index contributed by atoms with van der Waals surface area (Å²) in [6, 6.07) is 17.3. The SMILES string of the molecule is CCN(CC)CCN(C)C(=O)c1ccc(Nc2ncc(C(=O)Nc3c(C)cccc3C)c(Oc3ccc(C(=O)NC(C)C)cc3Cl)n2)cc1. The highest BCUT2D eigenvalue weighted by Crippen LogP contribution is 2.32. The topological polar surface area (TPSA) is 129 Å². The third kappa shape index (κ3) is 9.77. The highest BCUT2D eigenvalue weighted by molar-refractivity contribution is 6.32. The van der Waals surface area contributed by atoms with E-state index in [0.717, 1.165) is 30.8 Å². The van der Waals surface area contributed by atoms with Gasteiger partial charge in [-0.15, -0.1) is 0 Å². The second-order valence-corrected chi connectivity index (χ2v) is 12.4. The van der Waals surface area contributed by atoms with Crippen molar-refractivity contribution in [3.05, 3.63) is 99.7 Å². The Morgan fingerprint density at radius 1 is 0.898 bits per heavy atom. The van der Waals surface area contributed by atoms with Gasteiger partial charge in [0.25, 0.3) is 17.7 Å². The van der Waals surface area contributed by atoms with E-state index in [1.54, 1.807) is 48.3 Å². The molecular weight excluding hydrogens is 642 g/mol. The van der Waals surface area contributed by atoms with Gasteiger partial charge in [-0.3, -0.25) is 14.4 Å². The summed E-state index contributed by atoms with van der Waals surface area (Å²) < 4.78 is 6.12. The molecular formula is C37H44ClN7O4. The summed E-state index contributed by atoms with van der Waals surface area (Å²) in [5.41, 5.74) is 4.07. The van der Waals surface area contributed by atoms with Crippen molar-refractivity contribution >= 4 is 46.6 Å². The van der Waals surface area contributed by atoms with E-state index in [1.165, 1.54) is 12.3 Å². The lowest BCUT2D eigenvalue weighted by Crippen LogP contribution is -2.36. The lowest BCUT2D eigenvalue weighted by atomic mass is 10.1. The minimum atomic E-state index is -0.476. The minimum Gasteiger partial charge on any atom is -0.436 e. The summed E-state index contributed by atoms with van der Waals surface area (Å²) in [7, 11) is 1.80. The molecule has 3 N–H and O–H groups in total. The van der Waals surface area contributed by atoms with E-state index >= 15 is 0 Å². The van der Waals surface area contributed by atoms with Crippen LogP contribution in [0.2, 0.25) is 5.02 Å². The van der Waals surface area contributed by atoms with Gasteiger partial charge in [0, 0.05) is 54.9 Å². The highest BCUT2D eigenvalue weighted by atomic mass is 35.5. The van der Waals surface area contributed by atoms with Gasteiger partial charge in [-0.1, -0.05) is 43.6 Å². The summed E-state index contributed by atoms with van der Waals surface area (Å²) in [6.07, 6.45) is 1.37. The number of likely N-dealkylation sites (N-methyl/N-ethyl adjacent to an activating group) is 2. The maximum absolute atomic E-state index is 13.6. The molecule has 1 aromatic heterocycles. The van der Waals surface area contributed by atoms with Gasteiger partial charge in [-0.25, -0.2) is 4.98 Å². The molecule has 1 heterocycles. The number of halogens is 1. The molecule has 258 valence electrons. The van der Waals surface area contributed by atoms with Crippen molar-refractivity contribution in [1.29, 1.82) is 0 Å². The first kappa shape index (κ1) is 36.8. The number of nitrogens with zero attached hydrogens (tertiary/aromatic N) is 4. The third-order valence-electron chi connectivity index (χ3n) is 7.92. The number of nitrogens with one attached hydrogen (secondary N) is 3. The summed E-state index contributed by atoms with van der Waals surface area (Å²) in [5.74, 6) is -0.529. The first-order valence-corrected chi connectivity index (χ1v) is 16.7. The normalized spacial score (nSPS) is 11.0. The number of aryl methyl sites for hydroxylation is 2. The molecule has 0 saturated heterocycles. The number of rotatable bonds is 14. The van der Waals surface area contributed by atoms with Gasteiger partial charge < -0.3 is 30.5 Å². The predicted octanol–water partition coefficient (Wildman–Crippen LogP) is 7.09. The standard InChI is InChI=1S/C37H44ClN7O4/c1-8-45(9-2)20-19-44(7)36(48)26-13-16-28(17-14-26)41-37-39-22-29(34(47)42-32-24(5)11-10-12-25(32)6)35(43-37)49-31-18-15-27(21-30(31)38)33(46)40-23(3)4/h10-18,21-23H,8-9,19-20H2,1-7H3,(H,40,46)(H,42,47)(H,39,41,43). The molecule has 0 radical (unpaired) electrons. The highest BCUT2D eigenvalue weighted by Gasteiger charge is 2.21. The second-order valence-electron chi connectivity index (χ2n) is 12.0. The number of hydrogen-bond acceptors (Lipinski definition) is 8. The van der Waals surface area contributed by atoms with Gasteiger partial charge in [0.1, 0.15) is 11.3 Å². The van der Waals surface area contributed by atoms with Gasteiger partial charge in [0.2, 0.25) is 11.8 Å². The molecule has 0 spiro atoms. The summed E-state index contributed by atoms with van der Waals surface area (Å²) >= 11 is 6.55. The molecule has 12 heteroatoms. The van der Waals surface area contributed by atoms with Crippen LogP contribution in [0.15, 0.2) is 66.9 Å². The van der Waals surface area contributed by atoms with Crippen molar-refractivity contribution in [1.82, 2.24) is 25.1 Å². The predicted molar refractivity (Wildman–Crippen MR) is 195 cm³/mol. The number of carbonyl (C=O) groups is 3. The van der Waals surface area contributed by atoms with Crippen LogP contribution in [0.25, 0.3) is 0 Å². The first-order valence-electron chi connectivity index (χ1n) is 16.3. The van der Waals surface area contributed by atoms with E-state index in [-0.39, 0.29) is 46.0 Å². The molecule has 0 unspecified atom stereocenters. The monoisotopic (exact) mass is 685 g/mol. The number of aromatic nitrogens is 2. The Morgan fingerprint density at radius 2 is 1.55 bits per heavy atom. The number of ether oxygens (including phenoxy) is 1. The van der Waals surface area contributed by atoms with Crippen molar-refractivity contribution in [3.8, 4) is 11.6 Å².